The van der Waals surface area contributed by atoms with Gasteiger partial charge in [0, 0.05) is 9.13 Å². The van der Waals surface area contributed by atoms with E-state index in [0.717, 1.165) is 3.57 Å². The number of halogens is 1. The Morgan fingerprint density at radius 2 is 1.86 bits per heavy atom. The van der Waals surface area contributed by atoms with Gasteiger partial charge in [-0.1, -0.05) is 0 Å². The maximum absolute atomic E-state index is 11.3. The molecule has 0 saturated heterocycles. The summed E-state index contributed by atoms with van der Waals surface area (Å²) >= 11 is 2.15. The molecule has 0 atom stereocenters. The molecule has 3 N–H and O–H groups in total. The third-order valence-corrected chi connectivity index (χ3v) is 2.25. The van der Waals surface area contributed by atoms with E-state index >= 15 is 0 Å². The van der Waals surface area contributed by atoms with Crippen molar-refractivity contribution in [3.8, 4) is 0 Å². The second-order valence-corrected chi connectivity index (χ2v) is 3.90. The number of hydrogen-bond acceptors (Lipinski definition) is 2. The van der Waals surface area contributed by atoms with Crippen molar-refractivity contribution in [3.63, 3.8) is 0 Å². The maximum Gasteiger partial charge on any atom is 0.251 e. The molecule has 4 nitrogen and oxygen atoms in total. The van der Waals surface area contributed by atoms with Gasteiger partial charge in [-0.25, -0.2) is 0 Å². The summed E-state index contributed by atoms with van der Waals surface area (Å²) in [4.78, 5) is 21.7. The van der Waals surface area contributed by atoms with Crippen molar-refractivity contribution >= 4 is 34.4 Å². The van der Waals surface area contributed by atoms with Crippen molar-refractivity contribution in [2.24, 2.45) is 5.73 Å². The first-order valence-corrected chi connectivity index (χ1v) is 4.99. The number of carbonyl (C=O) groups is 2. The minimum atomic E-state index is -0.552. The van der Waals surface area contributed by atoms with E-state index in [1.54, 1.807) is 12.1 Å². The van der Waals surface area contributed by atoms with E-state index in [4.69, 9.17) is 5.73 Å². The van der Waals surface area contributed by atoms with Crippen LogP contribution in [0.25, 0.3) is 0 Å². The van der Waals surface area contributed by atoms with Gasteiger partial charge in [-0.2, -0.15) is 0 Å². The molecule has 5 heteroatoms. The number of hydrogen-bond donors (Lipinski definition) is 2. The molecular weight excluding hydrogens is 295 g/mol. The van der Waals surface area contributed by atoms with E-state index < -0.39 is 5.91 Å². The molecule has 1 aromatic carbocycles. The standard InChI is InChI=1S/C9H9IN2O2/c10-7-3-1-6(2-4-7)9(14)12-5-8(11)13/h1-4H,5H2,(H2,11,13)(H,12,14). The van der Waals surface area contributed by atoms with Gasteiger partial charge < -0.3 is 11.1 Å². The van der Waals surface area contributed by atoms with Gasteiger partial charge in [-0.15, -0.1) is 0 Å². The van der Waals surface area contributed by atoms with Crippen LogP contribution >= 0.6 is 22.6 Å². The molecule has 1 rings (SSSR count). The van der Waals surface area contributed by atoms with Crippen LogP contribution in [-0.2, 0) is 4.79 Å². The molecule has 0 fully saturated rings. The quantitative estimate of drug-likeness (QED) is 0.799. The molecule has 0 aliphatic carbocycles. The zero-order valence-electron chi connectivity index (χ0n) is 7.29. The van der Waals surface area contributed by atoms with Gasteiger partial charge in [0.2, 0.25) is 5.91 Å². The fraction of sp³-hybridized carbons (Fsp3) is 0.111. The van der Waals surface area contributed by atoms with Crippen LogP contribution in [0.5, 0.6) is 0 Å². The van der Waals surface area contributed by atoms with Crippen molar-refractivity contribution in [2.75, 3.05) is 6.54 Å². The van der Waals surface area contributed by atoms with Crippen LogP contribution in [0.3, 0.4) is 0 Å². The van der Waals surface area contributed by atoms with E-state index in [-0.39, 0.29) is 12.5 Å². The average Bonchev–Trinajstić information content (AvgIpc) is 2.15. The molecule has 0 aliphatic rings. The fourth-order valence-corrected chi connectivity index (χ4v) is 1.23. The molecule has 0 radical (unpaired) electrons. The average molecular weight is 304 g/mol. The normalized spacial score (nSPS) is 9.50. The summed E-state index contributed by atoms with van der Waals surface area (Å²) in [7, 11) is 0. The molecule has 0 saturated carbocycles. The van der Waals surface area contributed by atoms with E-state index in [0.29, 0.717) is 5.56 Å². The van der Waals surface area contributed by atoms with Crippen LogP contribution in [0.2, 0.25) is 0 Å². The zero-order chi connectivity index (χ0) is 10.6. The molecule has 0 bridgehead atoms. The second kappa shape index (κ2) is 4.94. The molecule has 74 valence electrons. The van der Waals surface area contributed by atoms with Crippen molar-refractivity contribution in [2.45, 2.75) is 0 Å². The summed E-state index contributed by atoms with van der Waals surface area (Å²) in [6, 6.07) is 7.02. The van der Waals surface area contributed by atoms with Gasteiger partial charge in [0.1, 0.15) is 0 Å². The monoisotopic (exact) mass is 304 g/mol. The molecule has 0 unspecified atom stereocenters. The fourth-order valence-electron chi connectivity index (χ4n) is 0.871. The highest BCUT2D eigenvalue weighted by Gasteiger charge is 2.04. The lowest BCUT2D eigenvalue weighted by Crippen LogP contribution is -2.33. The van der Waals surface area contributed by atoms with E-state index in [2.05, 4.69) is 27.9 Å². The van der Waals surface area contributed by atoms with Gasteiger partial charge in [0.15, 0.2) is 0 Å². The number of primary amides is 1. The lowest BCUT2D eigenvalue weighted by atomic mass is 10.2. The Kier molecular flexibility index (Phi) is 3.87. The first kappa shape index (κ1) is 11.0. The molecule has 2 amide bonds. The summed E-state index contributed by atoms with van der Waals surface area (Å²) in [5, 5.41) is 2.40. The third-order valence-electron chi connectivity index (χ3n) is 1.53. The smallest absolute Gasteiger partial charge is 0.251 e. The highest BCUT2D eigenvalue weighted by molar-refractivity contribution is 14.1. The van der Waals surface area contributed by atoms with Crippen molar-refractivity contribution in [3.05, 3.63) is 33.4 Å². The van der Waals surface area contributed by atoms with Gasteiger partial charge in [0.05, 0.1) is 6.54 Å². The van der Waals surface area contributed by atoms with Crippen molar-refractivity contribution in [1.82, 2.24) is 5.32 Å². The summed E-state index contributed by atoms with van der Waals surface area (Å²) < 4.78 is 1.05. The number of amides is 2. The lowest BCUT2D eigenvalue weighted by Gasteiger charge is -2.02. The van der Waals surface area contributed by atoms with E-state index in [1.807, 2.05) is 12.1 Å². The predicted molar refractivity (Wildman–Crippen MR) is 60.7 cm³/mol. The summed E-state index contributed by atoms with van der Waals surface area (Å²) in [5.41, 5.74) is 5.41. The molecule has 0 spiro atoms. The molecule has 1 aromatic rings. The first-order valence-electron chi connectivity index (χ1n) is 3.91. The van der Waals surface area contributed by atoms with Crippen LogP contribution in [0.4, 0.5) is 0 Å². The van der Waals surface area contributed by atoms with Crippen LogP contribution in [-0.4, -0.2) is 18.4 Å². The Hall–Kier alpha value is -1.11. The van der Waals surface area contributed by atoms with Gasteiger partial charge in [-0.05, 0) is 46.9 Å². The third kappa shape index (κ3) is 3.33. The summed E-state index contributed by atoms with van der Waals surface area (Å²) in [6.07, 6.45) is 0. The van der Waals surface area contributed by atoms with Crippen LogP contribution in [0.15, 0.2) is 24.3 Å². The summed E-state index contributed by atoms with van der Waals surface area (Å²) in [6.45, 7) is -0.134. The maximum atomic E-state index is 11.3. The first-order chi connectivity index (χ1) is 6.59. The SMILES string of the molecule is NC(=O)CNC(=O)c1ccc(I)cc1. The second-order valence-electron chi connectivity index (χ2n) is 2.66. The Morgan fingerprint density at radius 3 is 2.36 bits per heavy atom. The van der Waals surface area contributed by atoms with Crippen molar-refractivity contribution in [1.29, 1.82) is 0 Å². The number of nitrogens with one attached hydrogen (secondary N) is 1. The van der Waals surface area contributed by atoms with Crippen LogP contribution < -0.4 is 11.1 Å². The lowest BCUT2D eigenvalue weighted by molar-refractivity contribution is -0.117. The molecular formula is C9H9IN2O2. The van der Waals surface area contributed by atoms with Gasteiger partial charge in [-0.3, -0.25) is 9.59 Å². The topological polar surface area (TPSA) is 72.2 Å². The number of carbonyl (C=O) groups excluding carboxylic acids is 2. The predicted octanol–water partition coefficient (Wildman–Crippen LogP) is 0.506. The van der Waals surface area contributed by atoms with E-state index in [1.165, 1.54) is 0 Å². The van der Waals surface area contributed by atoms with Crippen LogP contribution in [0.1, 0.15) is 10.4 Å². The van der Waals surface area contributed by atoms with Crippen LogP contribution in [0, 0.1) is 3.57 Å². The Bertz CT molecular complexity index is 348. The summed E-state index contributed by atoms with van der Waals surface area (Å²) in [5.74, 6) is -0.843. The Balaban J connectivity index is 2.61. The molecule has 0 heterocycles. The minimum Gasteiger partial charge on any atom is -0.368 e. The highest BCUT2D eigenvalue weighted by Crippen LogP contribution is 2.06. The van der Waals surface area contributed by atoms with Gasteiger partial charge >= 0.3 is 0 Å². The minimum absolute atomic E-state index is 0.134. The number of rotatable bonds is 3. The van der Waals surface area contributed by atoms with E-state index in [9.17, 15) is 9.59 Å². The highest BCUT2D eigenvalue weighted by atomic mass is 127. The largest absolute Gasteiger partial charge is 0.368 e. The molecule has 14 heavy (non-hydrogen) atoms. The van der Waals surface area contributed by atoms with Crippen molar-refractivity contribution < 1.29 is 9.59 Å². The Morgan fingerprint density at radius 1 is 1.29 bits per heavy atom. The molecule has 0 aliphatic heterocycles. The molecule has 0 aromatic heterocycles. The zero-order valence-corrected chi connectivity index (χ0v) is 9.45. The Labute approximate surface area is 95.0 Å². The number of nitrogens with two attached hydrogens (primary N) is 1. The number of benzene rings is 1. The van der Waals surface area contributed by atoms with Gasteiger partial charge in [0.25, 0.3) is 5.91 Å².